The van der Waals surface area contributed by atoms with Gasteiger partial charge in [0.2, 0.25) is 5.76 Å². The molecule has 2 aromatic rings. The predicted octanol–water partition coefficient (Wildman–Crippen LogP) is 2.40. The van der Waals surface area contributed by atoms with Crippen LogP contribution < -0.4 is 5.32 Å². The number of hydrogen-bond donors (Lipinski definition) is 1. The molecule has 0 bridgehead atoms. The monoisotopic (exact) mass is 355 g/mol. The summed E-state index contributed by atoms with van der Waals surface area (Å²) in [5, 5.41) is 7.73. The van der Waals surface area contributed by atoms with Gasteiger partial charge in [-0.3, -0.25) is 4.79 Å². The molecule has 0 unspecified atom stereocenters. The van der Waals surface area contributed by atoms with E-state index >= 15 is 0 Å². The van der Waals surface area contributed by atoms with Gasteiger partial charge in [-0.05, 0) is 24.8 Å². The summed E-state index contributed by atoms with van der Waals surface area (Å²) in [4.78, 5) is 14.4. The predicted molar refractivity (Wildman–Crippen MR) is 96.8 cm³/mol. The first-order valence-electron chi connectivity index (χ1n) is 9.36. The highest BCUT2D eigenvalue weighted by atomic mass is 16.5. The van der Waals surface area contributed by atoms with Gasteiger partial charge in [0.1, 0.15) is 0 Å². The van der Waals surface area contributed by atoms with Gasteiger partial charge in [-0.2, -0.15) is 0 Å². The molecule has 1 amide bonds. The summed E-state index contributed by atoms with van der Waals surface area (Å²) in [6.07, 6.45) is 4.02. The lowest BCUT2D eigenvalue weighted by atomic mass is 9.91. The molecule has 1 aromatic carbocycles. The van der Waals surface area contributed by atoms with Gasteiger partial charge in [0, 0.05) is 32.1 Å². The third kappa shape index (κ3) is 3.81. The summed E-state index contributed by atoms with van der Waals surface area (Å²) >= 11 is 0. The van der Waals surface area contributed by atoms with Crippen molar-refractivity contribution >= 4 is 5.91 Å². The SMILES string of the molecule is O=C(c1cc(CC2(NCc3ccccc3)COC2)no1)N1CCCCC1. The molecule has 2 aliphatic rings. The quantitative estimate of drug-likeness (QED) is 0.862. The Morgan fingerprint density at radius 3 is 2.62 bits per heavy atom. The van der Waals surface area contributed by atoms with Crippen LogP contribution in [0.3, 0.4) is 0 Å². The van der Waals surface area contributed by atoms with Crippen molar-refractivity contribution in [1.82, 2.24) is 15.4 Å². The summed E-state index contributed by atoms with van der Waals surface area (Å²) in [5.74, 6) is 0.306. The summed E-state index contributed by atoms with van der Waals surface area (Å²) < 4.78 is 10.8. The van der Waals surface area contributed by atoms with Gasteiger partial charge in [0.25, 0.3) is 5.91 Å². The smallest absolute Gasteiger partial charge is 0.292 e. The first-order chi connectivity index (χ1) is 12.7. The van der Waals surface area contributed by atoms with Crippen LogP contribution in [0.15, 0.2) is 40.9 Å². The van der Waals surface area contributed by atoms with Crippen LogP contribution in [-0.4, -0.2) is 47.8 Å². The van der Waals surface area contributed by atoms with Crippen molar-refractivity contribution in [2.24, 2.45) is 0 Å². The zero-order valence-electron chi connectivity index (χ0n) is 14.9. The number of amides is 1. The van der Waals surface area contributed by atoms with Crippen molar-refractivity contribution in [3.05, 3.63) is 53.4 Å². The van der Waals surface area contributed by atoms with Crippen molar-refractivity contribution in [3.8, 4) is 0 Å². The van der Waals surface area contributed by atoms with Gasteiger partial charge in [-0.15, -0.1) is 0 Å². The number of carbonyl (C=O) groups excluding carboxylic acids is 1. The molecule has 2 aliphatic heterocycles. The molecule has 138 valence electrons. The molecule has 0 saturated carbocycles. The van der Waals surface area contributed by atoms with Crippen molar-refractivity contribution < 1.29 is 14.1 Å². The minimum atomic E-state index is -0.141. The minimum Gasteiger partial charge on any atom is -0.377 e. The molecule has 0 aliphatic carbocycles. The van der Waals surface area contributed by atoms with E-state index in [1.807, 2.05) is 23.1 Å². The largest absolute Gasteiger partial charge is 0.377 e. The highest BCUT2D eigenvalue weighted by molar-refractivity contribution is 5.91. The van der Waals surface area contributed by atoms with Gasteiger partial charge in [0.05, 0.1) is 24.4 Å². The molecule has 2 fully saturated rings. The fourth-order valence-electron chi connectivity index (χ4n) is 3.60. The Morgan fingerprint density at radius 1 is 1.15 bits per heavy atom. The third-order valence-corrected chi connectivity index (χ3v) is 5.20. The van der Waals surface area contributed by atoms with Crippen LogP contribution in [0.4, 0.5) is 0 Å². The highest BCUT2D eigenvalue weighted by Gasteiger charge is 2.39. The van der Waals surface area contributed by atoms with Crippen molar-refractivity contribution in [2.75, 3.05) is 26.3 Å². The first-order valence-corrected chi connectivity index (χ1v) is 9.36. The Labute approximate surface area is 153 Å². The number of nitrogens with one attached hydrogen (secondary N) is 1. The molecule has 1 N–H and O–H groups in total. The molecular formula is C20H25N3O3. The van der Waals surface area contributed by atoms with Crippen LogP contribution in [0.5, 0.6) is 0 Å². The van der Waals surface area contributed by atoms with Gasteiger partial charge in [-0.25, -0.2) is 0 Å². The molecule has 3 heterocycles. The zero-order chi connectivity index (χ0) is 17.8. The second-order valence-corrected chi connectivity index (χ2v) is 7.32. The van der Waals surface area contributed by atoms with E-state index in [4.69, 9.17) is 9.26 Å². The summed E-state index contributed by atoms with van der Waals surface area (Å²) in [6.45, 7) is 3.68. The fraction of sp³-hybridized carbons (Fsp3) is 0.500. The van der Waals surface area contributed by atoms with E-state index in [9.17, 15) is 4.79 Å². The average molecular weight is 355 g/mol. The van der Waals surface area contributed by atoms with E-state index in [2.05, 4.69) is 22.6 Å². The van der Waals surface area contributed by atoms with E-state index < -0.39 is 0 Å². The Hall–Kier alpha value is -2.18. The van der Waals surface area contributed by atoms with Crippen LogP contribution in [0.1, 0.15) is 41.1 Å². The van der Waals surface area contributed by atoms with Crippen LogP contribution in [0, 0.1) is 0 Å². The van der Waals surface area contributed by atoms with E-state index in [0.717, 1.165) is 38.2 Å². The van der Waals surface area contributed by atoms with E-state index in [1.165, 1.54) is 12.0 Å². The zero-order valence-corrected chi connectivity index (χ0v) is 14.9. The number of benzene rings is 1. The average Bonchev–Trinajstić information content (AvgIpc) is 3.13. The van der Waals surface area contributed by atoms with E-state index in [-0.39, 0.29) is 11.4 Å². The number of carbonyl (C=O) groups is 1. The van der Waals surface area contributed by atoms with Gasteiger partial charge in [-0.1, -0.05) is 35.5 Å². The second kappa shape index (κ2) is 7.60. The number of aromatic nitrogens is 1. The maximum Gasteiger partial charge on any atom is 0.292 e. The Balaban J connectivity index is 1.38. The lowest BCUT2D eigenvalue weighted by Gasteiger charge is -2.42. The second-order valence-electron chi connectivity index (χ2n) is 7.32. The van der Waals surface area contributed by atoms with Gasteiger partial charge in [0.15, 0.2) is 0 Å². The summed E-state index contributed by atoms with van der Waals surface area (Å²) in [5.41, 5.74) is 1.90. The lowest BCUT2D eigenvalue weighted by Crippen LogP contribution is -2.61. The first kappa shape index (κ1) is 17.2. The molecule has 2 saturated heterocycles. The maximum atomic E-state index is 12.5. The standard InChI is InChI=1S/C20H25N3O3/c24-19(23-9-5-2-6-10-23)18-11-17(22-26-18)12-20(14-25-15-20)21-13-16-7-3-1-4-8-16/h1,3-4,7-8,11,21H,2,5-6,9-10,12-15H2. The Kier molecular flexibility index (Phi) is 5.04. The van der Waals surface area contributed by atoms with E-state index in [1.54, 1.807) is 6.07 Å². The van der Waals surface area contributed by atoms with Crippen LogP contribution in [0.2, 0.25) is 0 Å². The maximum absolute atomic E-state index is 12.5. The van der Waals surface area contributed by atoms with E-state index in [0.29, 0.717) is 25.4 Å². The molecular weight excluding hydrogens is 330 g/mol. The van der Waals surface area contributed by atoms with Crippen molar-refractivity contribution in [1.29, 1.82) is 0 Å². The summed E-state index contributed by atoms with van der Waals surface area (Å²) in [7, 11) is 0. The molecule has 6 heteroatoms. The van der Waals surface area contributed by atoms with Crippen molar-refractivity contribution in [3.63, 3.8) is 0 Å². The van der Waals surface area contributed by atoms with Crippen LogP contribution in [-0.2, 0) is 17.7 Å². The van der Waals surface area contributed by atoms with Crippen LogP contribution in [0.25, 0.3) is 0 Å². The minimum absolute atomic E-state index is 0.0420. The normalized spacial score (nSPS) is 19.2. The molecule has 0 radical (unpaired) electrons. The Bertz CT molecular complexity index is 734. The number of ether oxygens (including phenoxy) is 1. The number of nitrogens with zero attached hydrogens (tertiary/aromatic N) is 2. The molecule has 0 spiro atoms. The number of rotatable bonds is 6. The fourth-order valence-corrected chi connectivity index (χ4v) is 3.60. The molecule has 0 atom stereocenters. The number of piperidine rings is 1. The number of hydrogen-bond acceptors (Lipinski definition) is 5. The van der Waals surface area contributed by atoms with Crippen LogP contribution >= 0.6 is 0 Å². The lowest BCUT2D eigenvalue weighted by molar-refractivity contribution is -0.0755. The highest BCUT2D eigenvalue weighted by Crippen LogP contribution is 2.24. The van der Waals surface area contributed by atoms with Crippen molar-refractivity contribution in [2.45, 2.75) is 37.8 Å². The van der Waals surface area contributed by atoms with Gasteiger partial charge >= 0.3 is 0 Å². The molecule has 26 heavy (non-hydrogen) atoms. The molecule has 6 nitrogen and oxygen atoms in total. The van der Waals surface area contributed by atoms with Gasteiger partial charge < -0.3 is 19.5 Å². The topological polar surface area (TPSA) is 67.6 Å². The summed E-state index contributed by atoms with van der Waals surface area (Å²) in [6, 6.07) is 12.1. The third-order valence-electron chi connectivity index (χ3n) is 5.20. The molecule has 1 aromatic heterocycles. The number of likely N-dealkylation sites (tertiary alicyclic amines) is 1. The Morgan fingerprint density at radius 2 is 1.92 bits per heavy atom. The molecule has 4 rings (SSSR count).